The van der Waals surface area contributed by atoms with Crippen molar-refractivity contribution in [2.45, 2.75) is 51.3 Å². The molecule has 0 aromatic heterocycles. The van der Waals surface area contributed by atoms with Crippen LogP contribution in [-0.4, -0.2) is 66.5 Å². The van der Waals surface area contributed by atoms with E-state index in [9.17, 15) is 14.4 Å². The van der Waals surface area contributed by atoms with Crippen LogP contribution in [0.4, 0.5) is 4.79 Å². The Bertz CT molecular complexity index is 572. The standard InChI is InChI=1S/C17H26N2O5/c1-17(2,3)24-16(22)19-12(10-7-8-10)11(9-18(4)5)14(20)13(19)15(21)23-6/h9-10,12-13H,7-8H2,1-6H3/b11-9-. The maximum atomic E-state index is 12.8. The molecule has 1 heterocycles. The first kappa shape index (κ1) is 18.3. The van der Waals surface area contributed by atoms with Gasteiger partial charge in [-0.2, -0.15) is 0 Å². The highest BCUT2D eigenvalue weighted by Crippen LogP contribution is 2.44. The molecule has 2 rings (SSSR count). The SMILES string of the molecule is COC(=O)C1C(=O)/C(=C\N(C)C)C(C2CC2)N1C(=O)OC(C)(C)C. The monoisotopic (exact) mass is 338 g/mol. The van der Waals surface area contributed by atoms with E-state index in [0.29, 0.717) is 5.57 Å². The quantitative estimate of drug-likeness (QED) is 0.442. The summed E-state index contributed by atoms with van der Waals surface area (Å²) in [5, 5.41) is 0. The maximum Gasteiger partial charge on any atom is 0.411 e. The molecule has 0 aromatic carbocycles. The van der Waals surface area contributed by atoms with Crippen molar-refractivity contribution in [1.29, 1.82) is 0 Å². The third kappa shape index (κ3) is 3.71. The summed E-state index contributed by atoms with van der Waals surface area (Å²) < 4.78 is 10.2. The molecule has 7 nitrogen and oxygen atoms in total. The molecule has 134 valence electrons. The summed E-state index contributed by atoms with van der Waals surface area (Å²) in [5.41, 5.74) is -0.258. The second-order valence-electron chi connectivity index (χ2n) is 7.51. The number of ketones is 1. The van der Waals surface area contributed by atoms with Crippen LogP contribution in [0.2, 0.25) is 0 Å². The number of hydrogen-bond donors (Lipinski definition) is 0. The molecule has 2 fully saturated rings. The molecule has 24 heavy (non-hydrogen) atoms. The molecule has 0 N–H and O–H groups in total. The molecule has 0 radical (unpaired) electrons. The predicted octanol–water partition coefficient (Wildman–Crippen LogP) is 1.57. The van der Waals surface area contributed by atoms with Gasteiger partial charge < -0.3 is 14.4 Å². The number of likely N-dealkylation sites (tertiary alicyclic amines) is 1. The average Bonchev–Trinajstić information content (AvgIpc) is 3.22. The number of ether oxygens (including phenoxy) is 2. The smallest absolute Gasteiger partial charge is 0.411 e. The largest absolute Gasteiger partial charge is 0.467 e. The lowest BCUT2D eigenvalue weighted by Gasteiger charge is -2.30. The Morgan fingerprint density at radius 1 is 1.25 bits per heavy atom. The van der Waals surface area contributed by atoms with E-state index in [1.54, 1.807) is 46.0 Å². The van der Waals surface area contributed by atoms with Crippen molar-refractivity contribution in [3.05, 3.63) is 11.8 Å². The van der Waals surface area contributed by atoms with Crippen molar-refractivity contribution in [2.75, 3.05) is 21.2 Å². The average molecular weight is 338 g/mol. The molecule has 1 saturated heterocycles. The molecular formula is C17H26N2O5. The summed E-state index contributed by atoms with van der Waals surface area (Å²) in [7, 11) is 4.81. The van der Waals surface area contributed by atoms with Gasteiger partial charge in [-0.25, -0.2) is 9.59 Å². The number of hydrogen-bond acceptors (Lipinski definition) is 6. The Morgan fingerprint density at radius 2 is 1.83 bits per heavy atom. The van der Waals surface area contributed by atoms with Gasteiger partial charge in [0, 0.05) is 25.9 Å². The van der Waals surface area contributed by atoms with Gasteiger partial charge in [-0.1, -0.05) is 0 Å². The maximum absolute atomic E-state index is 12.8. The van der Waals surface area contributed by atoms with Crippen LogP contribution in [0, 0.1) is 5.92 Å². The number of carbonyl (C=O) groups excluding carboxylic acids is 3. The zero-order valence-electron chi connectivity index (χ0n) is 15.2. The Morgan fingerprint density at radius 3 is 2.25 bits per heavy atom. The highest BCUT2D eigenvalue weighted by atomic mass is 16.6. The number of esters is 1. The van der Waals surface area contributed by atoms with E-state index < -0.39 is 35.5 Å². The Balaban J connectivity index is 2.46. The molecule has 1 amide bonds. The highest BCUT2D eigenvalue weighted by molar-refractivity contribution is 6.16. The molecule has 0 spiro atoms. The first-order valence-corrected chi connectivity index (χ1v) is 8.08. The van der Waals surface area contributed by atoms with Gasteiger partial charge in [0.25, 0.3) is 0 Å². The van der Waals surface area contributed by atoms with Crippen molar-refractivity contribution in [3.8, 4) is 0 Å². The number of Topliss-reactive ketones (excluding diaryl/α,β-unsaturated/α-hetero) is 1. The lowest BCUT2D eigenvalue weighted by atomic mass is 10.0. The summed E-state index contributed by atoms with van der Waals surface area (Å²) in [5.74, 6) is -0.959. The fraction of sp³-hybridized carbons (Fsp3) is 0.706. The zero-order chi connectivity index (χ0) is 18.2. The molecule has 2 aliphatic rings. The van der Waals surface area contributed by atoms with Crippen LogP contribution in [0.25, 0.3) is 0 Å². The summed E-state index contributed by atoms with van der Waals surface area (Å²) in [4.78, 5) is 40.7. The highest BCUT2D eigenvalue weighted by Gasteiger charge is 2.56. The minimum atomic E-state index is -1.28. The fourth-order valence-corrected chi connectivity index (χ4v) is 2.92. The topological polar surface area (TPSA) is 76.2 Å². The van der Waals surface area contributed by atoms with Crippen LogP contribution in [0.5, 0.6) is 0 Å². The van der Waals surface area contributed by atoms with Crippen LogP contribution in [0.3, 0.4) is 0 Å². The van der Waals surface area contributed by atoms with E-state index in [0.717, 1.165) is 12.8 Å². The second-order valence-corrected chi connectivity index (χ2v) is 7.51. The van der Waals surface area contributed by atoms with Crippen molar-refractivity contribution >= 4 is 17.8 Å². The van der Waals surface area contributed by atoms with Gasteiger partial charge in [0.15, 0.2) is 11.8 Å². The molecule has 0 aromatic rings. The number of nitrogens with zero attached hydrogens (tertiary/aromatic N) is 2. The predicted molar refractivity (Wildman–Crippen MR) is 87.2 cm³/mol. The van der Waals surface area contributed by atoms with Crippen molar-refractivity contribution in [3.63, 3.8) is 0 Å². The van der Waals surface area contributed by atoms with Crippen molar-refractivity contribution in [2.24, 2.45) is 5.92 Å². The molecule has 1 saturated carbocycles. The minimum Gasteiger partial charge on any atom is -0.467 e. The molecule has 7 heteroatoms. The molecule has 0 bridgehead atoms. The second kappa shape index (κ2) is 6.45. The van der Waals surface area contributed by atoms with Crippen LogP contribution in [0.1, 0.15) is 33.6 Å². The summed E-state index contributed by atoms with van der Waals surface area (Å²) >= 11 is 0. The first-order chi connectivity index (χ1) is 11.1. The number of methoxy groups -OCH3 is 1. The fourth-order valence-electron chi connectivity index (χ4n) is 2.92. The van der Waals surface area contributed by atoms with Gasteiger partial charge in [0.2, 0.25) is 0 Å². The Hall–Kier alpha value is -2.05. The van der Waals surface area contributed by atoms with Crippen molar-refractivity contribution < 1.29 is 23.9 Å². The summed E-state index contributed by atoms with van der Waals surface area (Å²) in [6.45, 7) is 5.25. The minimum absolute atomic E-state index is 0.169. The van der Waals surface area contributed by atoms with Gasteiger partial charge in [-0.15, -0.1) is 0 Å². The van der Waals surface area contributed by atoms with E-state index in [1.807, 2.05) is 0 Å². The van der Waals surface area contributed by atoms with E-state index in [4.69, 9.17) is 9.47 Å². The van der Waals surface area contributed by atoms with E-state index in [1.165, 1.54) is 12.0 Å². The van der Waals surface area contributed by atoms with Crippen LogP contribution in [0.15, 0.2) is 11.8 Å². The van der Waals surface area contributed by atoms with Gasteiger partial charge >= 0.3 is 12.1 Å². The molecule has 2 unspecified atom stereocenters. The normalized spacial score (nSPS) is 25.8. The van der Waals surface area contributed by atoms with E-state index in [2.05, 4.69) is 0 Å². The molecule has 1 aliphatic heterocycles. The summed E-state index contributed by atoms with van der Waals surface area (Å²) in [6, 6.07) is -1.72. The Kier molecular flexibility index (Phi) is 4.92. The first-order valence-electron chi connectivity index (χ1n) is 8.08. The third-order valence-electron chi connectivity index (χ3n) is 3.92. The van der Waals surface area contributed by atoms with Crippen LogP contribution in [-0.2, 0) is 19.1 Å². The van der Waals surface area contributed by atoms with Gasteiger partial charge in [0.05, 0.1) is 13.2 Å². The van der Waals surface area contributed by atoms with E-state index in [-0.39, 0.29) is 5.92 Å². The van der Waals surface area contributed by atoms with Crippen molar-refractivity contribution in [1.82, 2.24) is 9.80 Å². The number of rotatable bonds is 3. The Labute approximate surface area is 142 Å². The lowest BCUT2D eigenvalue weighted by molar-refractivity contribution is -0.148. The lowest BCUT2D eigenvalue weighted by Crippen LogP contribution is -2.49. The summed E-state index contributed by atoms with van der Waals surface area (Å²) in [6.07, 6.45) is 2.85. The van der Waals surface area contributed by atoms with Gasteiger partial charge in [-0.3, -0.25) is 9.69 Å². The third-order valence-corrected chi connectivity index (χ3v) is 3.92. The molecule has 1 aliphatic carbocycles. The zero-order valence-corrected chi connectivity index (χ0v) is 15.2. The molecular weight excluding hydrogens is 312 g/mol. The van der Waals surface area contributed by atoms with Gasteiger partial charge in [-0.05, 0) is 39.5 Å². The van der Waals surface area contributed by atoms with Gasteiger partial charge in [0.1, 0.15) is 5.60 Å². The van der Waals surface area contributed by atoms with Crippen LogP contribution >= 0.6 is 0 Å². The van der Waals surface area contributed by atoms with E-state index >= 15 is 0 Å². The van der Waals surface area contributed by atoms with Crippen LogP contribution < -0.4 is 0 Å². The number of carbonyl (C=O) groups is 3. The molecule has 2 atom stereocenters. The number of amides is 1.